The lowest BCUT2D eigenvalue weighted by Gasteiger charge is -2.24. The summed E-state index contributed by atoms with van der Waals surface area (Å²) in [5.74, 6) is 0. The lowest BCUT2D eigenvalue weighted by molar-refractivity contribution is 0.449. The number of aryl methyl sites for hydroxylation is 1. The Labute approximate surface area is 149 Å². The van der Waals surface area contributed by atoms with E-state index in [9.17, 15) is 0 Å². The average Bonchev–Trinajstić information content (AvgIpc) is 3.04. The molecule has 0 saturated carbocycles. The molecule has 4 rings (SSSR count). The van der Waals surface area contributed by atoms with Crippen LogP contribution < -0.4 is 5.32 Å². The van der Waals surface area contributed by atoms with Gasteiger partial charge in [0.05, 0.1) is 12.7 Å². The van der Waals surface area contributed by atoms with Gasteiger partial charge in [-0.25, -0.2) is 0 Å². The maximum Gasteiger partial charge on any atom is 0.0662 e. The van der Waals surface area contributed by atoms with Gasteiger partial charge in [0.1, 0.15) is 0 Å². The molecular formula is C22H25N3. The summed E-state index contributed by atoms with van der Waals surface area (Å²) >= 11 is 0. The molecule has 1 atom stereocenters. The molecule has 25 heavy (non-hydrogen) atoms. The minimum atomic E-state index is 0.411. The third-order valence-electron chi connectivity index (χ3n) is 5.07. The fraction of sp³-hybridized carbons (Fsp3) is 0.318. The fourth-order valence-corrected chi connectivity index (χ4v) is 3.79. The highest BCUT2D eigenvalue weighted by Gasteiger charge is 2.23. The summed E-state index contributed by atoms with van der Waals surface area (Å²) in [6, 6.07) is 19.7. The van der Waals surface area contributed by atoms with Crippen LogP contribution in [0, 0.1) is 6.92 Å². The standard InChI is InChI=1S/C22H25N3/c1-17-7-5-10-19(13-17)14-23-21-11-6-12-22-20(21)15-24-25(22)16-18-8-3-2-4-9-18/h2-5,7-10,13,15,21,23H,6,11-12,14,16H2,1H3/t21-/m1/s1. The molecule has 0 amide bonds. The Hall–Kier alpha value is -2.39. The second kappa shape index (κ2) is 7.24. The maximum atomic E-state index is 4.69. The van der Waals surface area contributed by atoms with Crippen molar-refractivity contribution in [1.29, 1.82) is 0 Å². The van der Waals surface area contributed by atoms with Gasteiger partial charge in [-0.05, 0) is 37.3 Å². The van der Waals surface area contributed by atoms with Gasteiger partial charge in [-0.3, -0.25) is 4.68 Å². The average molecular weight is 331 g/mol. The van der Waals surface area contributed by atoms with Crippen molar-refractivity contribution in [2.75, 3.05) is 0 Å². The van der Waals surface area contributed by atoms with Gasteiger partial charge < -0.3 is 5.32 Å². The highest BCUT2D eigenvalue weighted by Crippen LogP contribution is 2.30. The number of hydrogen-bond donors (Lipinski definition) is 1. The van der Waals surface area contributed by atoms with E-state index >= 15 is 0 Å². The molecule has 0 spiro atoms. The molecular weight excluding hydrogens is 306 g/mol. The first-order chi connectivity index (χ1) is 12.3. The van der Waals surface area contributed by atoms with E-state index in [0.717, 1.165) is 19.5 Å². The fourth-order valence-electron chi connectivity index (χ4n) is 3.79. The molecule has 1 aliphatic rings. The van der Waals surface area contributed by atoms with Crippen LogP contribution in [0.5, 0.6) is 0 Å². The van der Waals surface area contributed by atoms with Gasteiger partial charge in [0, 0.05) is 23.8 Å². The molecule has 0 saturated heterocycles. The molecule has 0 radical (unpaired) electrons. The van der Waals surface area contributed by atoms with Crippen molar-refractivity contribution >= 4 is 0 Å². The summed E-state index contributed by atoms with van der Waals surface area (Å²) < 4.78 is 2.19. The zero-order chi connectivity index (χ0) is 17.1. The predicted molar refractivity (Wildman–Crippen MR) is 101 cm³/mol. The van der Waals surface area contributed by atoms with Crippen molar-refractivity contribution < 1.29 is 0 Å². The van der Waals surface area contributed by atoms with E-state index in [4.69, 9.17) is 0 Å². The summed E-state index contributed by atoms with van der Waals surface area (Å²) in [7, 11) is 0. The van der Waals surface area contributed by atoms with Crippen molar-refractivity contribution in [3.05, 3.63) is 88.7 Å². The van der Waals surface area contributed by atoms with E-state index in [1.165, 1.54) is 40.8 Å². The van der Waals surface area contributed by atoms with Gasteiger partial charge in [-0.15, -0.1) is 0 Å². The van der Waals surface area contributed by atoms with E-state index in [1.54, 1.807) is 0 Å². The molecule has 3 nitrogen and oxygen atoms in total. The van der Waals surface area contributed by atoms with Crippen LogP contribution in [-0.4, -0.2) is 9.78 Å². The first-order valence-corrected chi connectivity index (χ1v) is 9.17. The van der Waals surface area contributed by atoms with Crippen LogP contribution in [0.1, 0.15) is 46.8 Å². The number of benzene rings is 2. The van der Waals surface area contributed by atoms with Crippen LogP contribution in [0.3, 0.4) is 0 Å². The number of rotatable bonds is 5. The molecule has 128 valence electrons. The Morgan fingerprint density at radius 2 is 1.92 bits per heavy atom. The Balaban J connectivity index is 1.49. The summed E-state index contributed by atoms with van der Waals surface area (Å²) in [6.45, 7) is 3.92. The zero-order valence-electron chi connectivity index (χ0n) is 14.8. The number of fused-ring (bicyclic) bond motifs is 1. The molecule has 1 N–H and O–H groups in total. The molecule has 0 aliphatic heterocycles. The SMILES string of the molecule is Cc1cccc(CN[C@@H]2CCCc3c2cnn3Cc2ccccc2)c1. The van der Waals surface area contributed by atoms with Crippen LogP contribution in [0.15, 0.2) is 60.8 Å². The first-order valence-electron chi connectivity index (χ1n) is 9.17. The molecule has 0 bridgehead atoms. The van der Waals surface area contributed by atoms with Crippen molar-refractivity contribution in [2.24, 2.45) is 0 Å². The predicted octanol–water partition coefficient (Wildman–Crippen LogP) is 4.41. The monoisotopic (exact) mass is 331 g/mol. The van der Waals surface area contributed by atoms with Crippen LogP contribution in [0.2, 0.25) is 0 Å². The van der Waals surface area contributed by atoms with Gasteiger partial charge in [0.25, 0.3) is 0 Å². The first kappa shape index (κ1) is 16.1. The van der Waals surface area contributed by atoms with Gasteiger partial charge >= 0.3 is 0 Å². The molecule has 1 aromatic heterocycles. The minimum absolute atomic E-state index is 0.411. The van der Waals surface area contributed by atoms with Gasteiger partial charge in [0.15, 0.2) is 0 Å². The molecule has 0 unspecified atom stereocenters. The summed E-state index contributed by atoms with van der Waals surface area (Å²) in [5, 5.41) is 8.43. The molecule has 1 heterocycles. The largest absolute Gasteiger partial charge is 0.306 e. The highest BCUT2D eigenvalue weighted by atomic mass is 15.3. The third kappa shape index (κ3) is 3.67. The van der Waals surface area contributed by atoms with Crippen LogP contribution >= 0.6 is 0 Å². The van der Waals surface area contributed by atoms with Crippen LogP contribution in [0.4, 0.5) is 0 Å². The van der Waals surface area contributed by atoms with E-state index in [1.807, 2.05) is 0 Å². The van der Waals surface area contributed by atoms with Gasteiger partial charge in [-0.1, -0.05) is 60.2 Å². The quantitative estimate of drug-likeness (QED) is 0.750. The summed E-state index contributed by atoms with van der Waals surface area (Å²) in [6.07, 6.45) is 5.62. The molecule has 0 fully saturated rings. The smallest absolute Gasteiger partial charge is 0.0662 e. The number of hydrogen-bond acceptors (Lipinski definition) is 2. The van der Waals surface area contributed by atoms with Gasteiger partial charge in [0.2, 0.25) is 0 Å². The van der Waals surface area contributed by atoms with Crippen molar-refractivity contribution in [3.8, 4) is 0 Å². The Bertz CT molecular complexity index is 835. The maximum absolute atomic E-state index is 4.69. The van der Waals surface area contributed by atoms with E-state index < -0.39 is 0 Å². The minimum Gasteiger partial charge on any atom is -0.306 e. The Morgan fingerprint density at radius 3 is 2.76 bits per heavy atom. The summed E-state index contributed by atoms with van der Waals surface area (Å²) in [5.41, 5.74) is 6.76. The molecule has 2 aromatic carbocycles. The lowest BCUT2D eigenvalue weighted by Crippen LogP contribution is -2.25. The molecule has 3 heteroatoms. The Kier molecular flexibility index (Phi) is 4.66. The molecule has 3 aromatic rings. The highest BCUT2D eigenvalue weighted by molar-refractivity contribution is 5.27. The summed E-state index contributed by atoms with van der Waals surface area (Å²) in [4.78, 5) is 0. The van der Waals surface area contributed by atoms with Crippen LogP contribution in [0.25, 0.3) is 0 Å². The van der Waals surface area contributed by atoms with Gasteiger partial charge in [-0.2, -0.15) is 5.10 Å². The van der Waals surface area contributed by atoms with Crippen LogP contribution in [-0.2, 0) is 19.5 Å². The second-order valence-corrected chi connectivity index (χ2v) is 7.00. The second-order valence-electron chi connectivity index (χ2n) is 7.00. The molecule has 1 aliphatic carbocycles. The van der Waals surface area contributed by atoms with Crippen molar-refractivity contribution in [2.45, 2.75) is 45.3 Å². The number of nitrogens with zero attached hydrogens (tertiary/aromatic N) is 2. The van der Waals surface area contributed by atoms with E-state index in [0.29, 0.717) is 6.04 Å². The topological polar surface area (TPSA) is 29.9 Å². The number of nitrogens with one attached hydrogen (secondary N) is 1. The number of aromatic nitrogens is 2. The Morgan fingerprint density at radius 1 is 1.08 bits per heavy atom. The normalized spacial score (nSPS) is 16.6. The lowest BCUT2D eigenvalue weighted by atomic mass is 9.92. The third-order valence-corrected chi connectivity index (χ3v) is 5.07. The van der Waals surface area contributed by atoms with E-state index in [2.05, 4.69) is 82.8 Å². The van der Waals surface area contributed by atoms with Crippen molar-refractivity contribution in [3.63, 3.8) is 0 Å². The van der Waals surface area contributed by atoms with Crippen molar-refractivity contribution in [1.82, 2.24) is 15.1 Å². The van der Waals surface area contributed by atoms with E-state index in [-0.39, 0.29) is 0 Å². The zero-order valence-corrected chi connectivity index (χ0v) is 14.8.